The van der Waals surface area contributed by atoms with Crippen molar-refractivity contribution >= 4 is 20.9 Å². The van der Waals surface area contributed by atoms with Crippen molar-refractivity contribution in [1.82, 2.24) is 9.97 Å². The second-order valence-corrected chi connectivity index (χ2v) is 6.54. The fraction of sp³-hybridized carbons (Fsp3) is 0.417. The van der Waals surface area contributed by atoms with E-state index in [0.717, 1.165) is 11.3 Å². The third-order valence-corrected chi connectivity index (χ3v) is 3.84. The molecular formula is C12H16N2O3S. The second kappa shape index (κ2) is 4.70. The van der Waals surface area contributed by atoms with E-state index in [-0.39, 0.29) is 11.0 Å². The highest BCUT2D eigenvalue weighted by Gasteiger charge is 2.10. The van der Waals surface area contributed by atoms with Crippen LogP contribution < -0.4 is 0 Å². The molecule has 18 heavy (non-hydrogen) atoms. The lowest BCUT2D eigenvalue weighted by molar-refractivity contribution is 0.184. The maximum Gasteiger partial charge on any atom is 0.175 e. The summed E-state index contributed by atoms with van der Waals surface area (Å²) >= 11 is 0. The number of aromatic amines is 1. The molecule has 0 aliphatic carbocycles. The summed E-state index contributed by atoms with van der Waals surface area (Å²) < 4.78 is 22.9. The van der Waals surface area contributed by atoms with Crippen molar-refractivity contribution in [2.75, 3.05) is 6.26 Å². The summed E-state index contributed by atoms with van der Waals surface area (Å²) in [5.41, 5.74) is 1.45. The Morgan fingerprint density at radius 3 is 2.78 bits per heavy atom. The van der Waals surface area contributed by atoms with Gasteiger partial charge in [0.25, 0.3) is 0 Å². The first kappa shape index (κ1) is 13.0. The van der Waals surface area contributed by atoms with Crippen LogP contribution in [-0.4, -0.2) is 35.9 Å². The van der Waals surface area contributed by atoms with Crippen molar-refractivity contribution < 1.29 is 13.5 Å². The third kappa shape index (κ3) is 2.88. The van der Waals surface area contributed by atoms with Gasteiger partial charge >= 0.3 is 0 Å². The van der Waals surface area contributed by atoms with Gasteiger partial charge in [-0.15, -0.1) is 0 Å². The number of hydrogen-bond donors (Lipinski definition) is 2. The highest BCUT2D eigenvalue weighted by Crippen LogP contribution is 2.18. The van der Waals surface area contributed by atoms with Crippen LogP contribution in [-0.2, 0) is 16.3 Å². The average molecular weight is 268 g/mol. The summed E-state index contributed by atoms with van der Waals surface area (Å²) in [4.78, 5) is 7.70. The molecule has 0 saturated heterocycles. The standard InChI is InChI=1S/C12H16N2O3S/c1-8(15)3-6-12-13-10-5-4-9(18(2,16)17)7-11(10)14-12/h4-5,7-8,15H,3,6H2,1-2H3,(H,13,14). The van der Waals surface area contributed by atoms with Crippen LogP contribution in [0.1, 0.15) is 19.2 Å². The van der Waals surface area contributed by atoms with Gasteiger partial charge in [-0.25, -0.2) is 13.4 Å². The topological polar surface area (TPSA) is 83.1 Å². The van der Waals surface area contributed by atoms with E-state index in [1.54, 1.807) is 25.1 Å². The molecule has 1 atom stereocenters. The Morgan fingerprint density at radius 2 is 2.17 bits per heavy atom. The molecule has 0 saturated carbocycles. The molecule has 0 spiro atoms. The van der Waals surface area contributed by atoms with E-state index in [0.29, 0.717) is 18.4 Å². The van der Waals surface area contributed by atoms with Crippen LogP contribution in [0.25, 0.3) is 11.0 Å². The summed E-state index contributed by atoms with van der Waals surface area (Å²) in [7, 11) is -3.20. The normalized spacial score (nSPS) is 13.9. The Hall–Kier alpha value is -1.40. The first-order valence-corrected chi connectivity index (χ1v) is 7.62. The zero-order valence-corrected chi connectivity index (χ0v) is 11.2. The molecule has 0 aliphatic heterocycles. The molecule has 5 nitrogen and oxygen atoms in total. The molecular weight excluding hydrogens is 252 g/mol. The Labute approximate surface area is 106 Å². The smallest absolute Gasteiger partial charge is 0.175 e. The Bertz CT molecular complexity index is 659. The molecule has 2 rings (SSSR count). The van der Waals surface area contributed by atoms with Crippen LogP contribution in [0.3, 0.4) is 0 Å². The van der Waals surface area contributed by atoms with Crippen LogP contribution in [0.2, 0.25) is 0 Å². The van der Waals surface area contributed by atoms with Gasteiger partial charge in [-0.2, -0.15) is 0 Å². The van der Waals surface area contributed by atoms with E-state index in [1.165, 1.54) is 6.26 Å². The number of aliphatic hydroxyl groups is 1. The molecule has 1 unspecified atom stereocenters. The van der Waals surface area contributed by atoms with E-state index in [1.807, 2.05) is 0 Å². The number of fused-ring (bicyclic) bond motifs is 1. The molecule has 0 bridgehead atoms. The molecule has 0 fully saturated rings. The minimum atomic E-state index is -3.20. The summed E-state index contributed by atoms with van der Waals surface area (Å²) in [6, 6.07) is 4.83. The monoisotopic (exact) mass is 268 g/mol. The number of nitrogens with one attached hydrogen (secondary N) is 1. The van der Waals surface area contributed by atoms with Gasteiger partial charge in [0, 0.05) is 12.7 Å². The van der Waals surface area contributed by atoms with Crippen LogP contribution in [0, 0.1) is 0 Å². The summed E-state index contributed by atoms with van der Waals surface area (Å²) in [5.74, 6) is 0.761. The number of hydrogen-bond acceptors (Lipinski definition) is 4. The van der Waals surface area contributed by atoms with Gasteiger partial charge in [-0.3, -0.25) is 0 Å². The number of H-pyrrole nitrogens is 1. The van der Waals surface area contributed by atoms with Crippen molar-refractivity contribution in [2.45, 2.75) is 30.8 Å². The molecule has 1 aromatic carbocycles. The van der Waals surface area contributed by atoms with Crippen molar-refractivity contribution in [1.29, 1.82) is 0 Å². The highest BCUT2D eigenvalue weighted by molar-refractivity contribution is 7.90. The predicted molar refractivity (Wildman–Crippen MR) is 69.2 cm³/mol. The Balaban J connectivity index is 2.34. The minimum absolute atomic E-state index is 0.278. The molecule has 0 aliphatic rings. The quantitative estimate of drug-likeness (QED) is 0.875. The van der Waals surface area contributed by atoms with Crippen LogP contribution in [0.4, 0.5) is 0 Å². The maximum atomic E-state index is 11.4. The van der Waals surface area contributed by atoms with E-state index >= 15 is 0 Å². The van der Waals surface area contributed by atoms with Crippen LogP contribution in [0.15, 0.2) is 23.1 Å². The molecule has 1 heterocycles. The number of aryl methyl sites for hydroxylation is 1. The molecule has 6 heteroatoms. The average Bonchev–Trinajstić information content (AvgIpc) is 2.66. The largest absolute Gasteiger partial charge is 0.393 e. The molecule has 98 valence electrons. The fourth-order valence-electron chi connectivity index (χ4n) is 1.74. The van der Waals surface area contributed by atoms with E-state index in [4.69, 9.17) is 0 Å². The third-order valence-electron chi connectivity index (χ3n) is 2.73. The number of aromatic nitrogens is 2. The maximum absolute atomic E-state index is 11.4. The molecule has 1 aromatic heterocycles. The lowest BCUT2D eigenvalue weighted by Crippen LogP contribution is -2.02. The fourth-order valence-corrected chi connectivity index (χ4v) is 2.38. The van der Waals surface area contributed by atoms with Gasteiger partial charge in [0.2, 0.25) is 0 Å². The summed E-state index contributed by atoms with van der Waals surface area (Å²) in [5, 5.41) is 9.22. The zero-order chi connectivity index (χ0) is 13.3. The van der Waals surface area contributed by atoms with Crippen molar-refractivity contribution in [3.8, 4) is 0 Å². The number of aliphatic hydroxyl groups excluding tert-OH is 1. The van der Waals surface area contributed by atoms with Crippen molar-refractivity contribution in [3.63, 3.8) is 0 Å². The summed E-state index contributed by atoms with van der Waals surface area (Å²) in [6.07, 6.45) is 2.07. The molecule has 2 aromatic rings. The van der Waals surface area contributed by atoms with Gasteiger partial charge in [0.15, 0.2) is 9.84 Å². The highest BCUT2D eigenvalue weighted by atomic mass is 32.2. The molecule has 0 radical (unpaired) electrons. The Morgan fingerprint density at radius 1 is 1.44 bits per heavy atom. The van der Waals surface area contributed by atoms with Gasteiger partial charge in [0.1, 0.15) is 5.82 Å². The summed E-state index contributed by atoms with van der Waals surface area (Å²) in [6.45, 7) is 1.73. The lowest BCUT2D eigenvalue weighted by Gasteiger charge is -1.99. The van der Waals surface area contributed by atoms with Crippen molar-refractivity contribution in [3.05, 3.63) is 24.0 Å². The predicted octanol–water partition coefficient (Wildman–Crippen LogP) is 1.28. The van der Waals surface area contributed by atoms with E-state index in [9.17, 15) is 13.5 Å². The molecule has 2 N–H and O–H groups in total. The van der Waals surface area contributed by atoms with Gasteiger partial charge in [-0.05, 0) is 31.5 Å². The van der Waals surface area contributed by atoms with Crippen LogP contribution >= 0.6 is 0 Å². The first-order chi connectivity index (χ1) is 8.36. The number of benzene rings is 1. The van der Waals surface area contributed by atoms with Gasteiger partial charge in [0.05, 0.1) is 22.0 Å². The Kier molecular flexibility index (Phi) is 3.41. The van der Waals surface area contributed by atoms with Crippen molar-refractivity contribution in [2.24, 2.45) is 0 Å². The van der Waals surface area contributed by atoms with E-state index in [2.05, 4.69) is 9.97 Å². The lowest BCUT2D eigenvalue weighted by atomic mass is 10.2. The minimum Gasteiger partial charge on any atom is -0.393 e. The van der Waals surface area contributed by atoms with Gasteiger partial charge < -0.3 is 10.1 Å². The number of rotatable bonds is 4. The molecule has 0 amide bonds. The second-order valence-electron chi connectivity index (χ2n) is 4.52. The number of nitrogens with zero attached hydrogens (tertiary/aromatic N) is 1. The first-order valence-electron chi connectivity index (χ1n) is 5.73. The van der Waals surface area contributed by atoms with Crippen LogP contribution in [0.5, 0.6) is 0 Å². The van der Waals surface area contributed by atoms with E-state index < -0.39 is 9.84 Å². The van der Waals surface area contributed by atoms with Gasteiger partial charge in [-0.1, -0.05) is 0 Å². The number of sulfone groups is 1. The zero-order valence-electron chi connectivity index (χ0n) is 10.3. The SMILES string of the molecule is CC(O)CCc1nc2ccc(S(C)(=O)=O)cc2[nH]1. The number of imidazole rings is 1.